The highest BCUT2D eigenvalue weighted by atomic mass is 16.5. The maximum absolute atomic E-state index is 12.9. The molecular weight excluding hydrogens is 320 g/mol. The number of amides is 1. The zero-order valence-electron chi connectivity index (χ0n) is 15.0. The highest BCUT2D eigenvalue weighted by Gasteiger charge is 2.43. The summed E-state index contributed by atoms with van der Waals surface area (Å²) in [4.78, 5) is 21.4. The summed E-state index contributed by atoms with van der Waals surface area (Å²) in [5.74, 6) is 1.61. The Labute approximate surface area is 148 Å². The Bertz CT molecular complexity index is 604. The Hall–Kier alpha value is -1.51. The molecule has 0 saturated carbocycles. The molecule has 8 heteroatoms. The Balaban J connectivity index is 1.27. The van der Waals surface area contributed by atoms with Gasteiger partial charge in [-0.15, -0.1) is 0 Å². The standard InChI is InChI=1S/C17H28N6O2/c1-13-20-15(21-25-13)11-22-6-8-23(9-7-22)16(24)14-10-17(12-19-14)2-4-18-5-3-17/h14,18-19H,2-12H2,1H3/t14-/m1/s1. The van der Waals surface area contributed by atoms with Crippen molar-refractivity contribution in [1.82, 2.24) is 30.6 Å². The summed E-state index contributed by atoms with van der Waals surface area (Å²) in [6.07, 6.45) is 3.36. The van der Waals surface area contributed by atoms with Crippen molar-refractivity contribution in [3.05, 3.63) is 11.7 Å². The molecule has 4 heterocycles. The lowest BCUT2D eigenvalue weighted by molar-refractivity contribution is -0.135. The molecule has 1 aromatic heterocycles. The van der Waals surface area contributed by atoms with Gasteiger partial charge in [-0.05, 0) is 37.8 Å². The summed E-state index contributed by atoms with van der Waals surface area (Å²) >= 11 is 0. The number of nitrogens with zero attached hydrogens (tertiary/aromatic N) is 4. The first-order valence-electron chi connectivity index (χ1n) is 9.38. The fourth-order valence-electron chi connectivity index (χ4n) is 4.38. The van der Waals surface area contributed by atoms with Gasteiger partial charge < -0.3 is 20.1 Å². The van der Waals surface area contributed by atoms with Gasteiger partial charge in [-0.3, -0.25) is 9.69 Å². The van der Waals surface area contributed by atoms with E-state index < -0.39 is 0 Å². The second-order valence-electron chi connectivity index (χ2n) is 7.72. The fourth-order valence-corrected chi connectivity index (χ4v) is 4.38. The van der Waals surface area contributed by atoms with Gasteiger partial charge in [0.1, 0.15) is 0 Å². The van der Waals surface area contributed by atoms with Crippen LogP contribution in [0.2, 0.25) is 0 Å². The highest BCUT2D eigenvalue weighted by molar-refractivity contribution is 5.82. The van der Waals surface area contributed by atoms with Crippen molar-refractivity contribution in [2.45, 2.75) is 38.8 Å². The predicted molar refractivity (Wildman–Crippen MR) is 91.8 cm³/mol. The van der Waals surface area contributed by atoms with Crippen LogP contribution in [-0.2, 0) is 11.3 Å². The summed E-state index contributed by atoms with van der Waals surface area (Å²) in [6.45, 7) is 8.93. The van der Waals surface area contributed by atoms with Crippen LogP contribution in [0.1, 0.15) is 31.0 Å². The van der Waals surface area contributed by atoms with Gasteiger partial charge in [-0.2, -0.15) is 4.98 Å². The van der Waals surface area contributed by atoms with Gasteiger partial charge in [-0.25, -0.2) is 0 Å². The number of rotatable bonds is 3. The van der Waals surface area contributed by atoms with E-state index in [-0.39, 0.29) is 11.9 Å². The van der Waals surface area contributed by atoms with Crippen LogP contribution < -0.4 is 10.6 Å². The minimum absolute atomic E-state index is 0.00417. The smallest absolute Gasteiger partial charge is 0.239 e. The molecule has 3 saturated heterocycles. The number of piperazine rings is 1. The third-order valence-electron chi connectivity index (χ3n) is 5.94. The quantitative estimate of drug-likeness (QED) is 0.779. The van der Waals surface area contributed by atoms with Crippen molar-refractivity contribution >= 4 is 5.91 Å². The van der Waals surface area contributed by atoms with E-state index in [2.05, 4.69) is 25.7 Å². The van der Waals surface area contributed by atoms with Gasteiger partial charge in [0.2, 0.25) is 11.8 Å². The molecule has 8 nitrogen and oxygen atoms in total. The van der Waals surface area contributed by atoms with Crippen LogP contribution in [0.5, 0.6) is 0 Å². The molecule has 1 atom stereocenters. The first-order chi connectivity index (χ1) is 12.1. The van der Waals surface area contributed by atoms with E-state index in [9.17, 15) is 4.79 Å². The van der Waals surface area contributed by atoms with Gasteiger partial charge in [0, 0.05) is 39.6 Å². The van der Waals surface area contributed by atoms with Gasteiger partial charge in [0.15, 0.2) is 5.82 Å². The van der Waals surface area contributed by atoms with E-state index in [0.29, 0.717) is 17.9 Å². The summed E-state index contributed by atoms with van der Waals surface area (Å²) in [7, 11) is 0. The molecule has 138 valence electrons. The minimum Gasteiger partial charge on any atom is -0.340 e. The molecule has 3 aliphatic heterocycles. The second-order valence-corrected chi connectivity index (χ2v) is 7.72. The first kappa shape index (κ1) is 16.9. The fraction of sp³-hybridized carbons (Fsp3) is 0.824. The van der Waals surface area contributed by atoms with E-state index in [1.807, 2.05) is 4.90 Å². The SMILES string of the molecule is Cc1nc(CN2CCN(C(=O)[C@H]3CC4(CCNCC4)CN3)CC2)no1. The van der Waals surface area contributed by atoms with Crippen molar-refractivity contribution in [2.24, 2.45) is 5.41 Å². The lowest BCUT2D eigenvalue weighted by Gasteiger charge is -2.36. The van der Waals surface area contributed by atoms with Gasteiger partial charge >= 0.3 is 0 Å². The van der Waals surface area contributed by atoms with Gasteiger partial charge in [0.05, 0.1) is 12.6 Å². The molecule has 0 aliphatic carbocycles. The number of nitrogens with one attached hydrogen (secondary N) is 2. The molecule has 25 heavy (non-hydrogen) atoms. The van der Waals surface area contributed by atoms with Crippen LogP contribution in [0.25, 0.3) is 0 Å². The van der Waals surface area contributed by atoms with Crippen molar-refractivity contribution in [2.75, 3.05) is 45.8 Å². The van der Waals surface area contributed by atoms with E-state index in [4.69, 9.17) is 4.52 Å². The van der Waals surface area contributed by atoms with Crippen molar-refractivity contribution in [1.29, 1.82) is 0 Å². The molecule has 0 aromatic carbocycles. The number of hydrogen-bond acceptors (Lipinski definition) is 7. The normalized spacial score (nSPS) is 27.1. The van der Waals surface area contributed by atoms with E-state index >= 15 is 0 Å². The van der Waals surface area contributed by atoms with Crippen molar-refractivity contribution in [3.63, 3.8) is 0 Å². The number of hydrogen-bond donors (Lipinski definition) is 2. The number of aryl methyl sites for hydroxylation is 1. The van der Waals surface area contributed by atoms with Gasteiger partial charge in [-0.1, -0.05) is 5.16 Å². The topological polar surface area (TPSA) is 86.5 Å². The predicted octanol–water partition coefficient (Wildman–Crippen LogP) is -0.246. The largest absolute Gasteiger partial charge is 0.340 e. The lowest BCUT2D eigenvalue weighted by Crippen LogP contribution is -2.52. The molecule has 4 rings (SSSR count). The number of carbonyl (C=O) groups excluding carboxylic acids is 1. The molecule has 3 aliphatic rings. The van der Waals surface area contributed by atoms with Crippen LogP contribution in [0.4, 0.5) is 0 Å². The van der Waals surface area contributed by atoms with Crippen LogP contribution in [-0.4, -0.2) is 77.7 Å². The van der Waals surface area contributed by atoms with E-state index in [1.54, 1.807) is 6.92 Å². The summed E-state index contributed by atoms with van der Waals surface area (Å²) in [5, 5.41) is 10.9. The monoisotopic (exact) mass is 348 g/mol. The molecule has 3 fully saturated rings. The Morgan fingerprint density at radius 3 is 2.72 bits per heavy atom. The molecule has 0 bridgehead atoms. The average Bonchev–Trinajstić information content (AvgIpc) is 3.22. The lowest BCUT2D eigenvalue weighted by atomic mass is 9.77. The van der Waals surface area contributed by atoms with Crippen molar-refractivity contribution < 1.29 is 9.32 Å². The Morgan fingerprint density at radius 1 is 1.28 bits per heavy atom. The minimum atomic E-state index is 0.00417. The van der Waals surface area contributed by atoms with E-state index in [1.165, 1.54) is 12.8 Å². The summed E-state index contributed by atoms with van der Waals surface area (Å²) in [5.41, 5.74) is 0.337. The van der Waals surface area contributed by atoms with Crippen LogP contribution in [0, 0.1) is 12.3 Å². The molecule has 1 aromatic rings. The van der Waals surface area contributed by atoms with E-state index in [0.717, 1.165) is 58.1 Å². The van der Waals surface area contributed by atoms with Crippen molar-refractivity contribution in [3.8, 4) is 0 Å². The van der Waals surface area contributed by atoms with Crippen LogP contribution >= 0.6 is 0 Å². The number of carbonyl (C=O) groups is 1. The average molecular weight is 348 g/mol. The Morgan fingerprint density at radius 2 is 2.04 bits per heavy atom. The molecule has 0 unspecified atom stereocenters. The third-order valence-corrected chi connectivity index (χ3v) is 5.94. The number of aromatic nitrogens is 2. The van der Waals surface area contributed by atoms with Gasteiger partial charge in [0.25, 0.3) is 0 Å². The number of piperidine rings is 1. The van der Waals surface area contributed by atoms with Crippen LogP contribution in [0.15, 0.2) is 4.52 Å². The maximum atomic E-state index is 12.9. The molecule has 1 spiro atoms. The highest BCUT2D eigenvalue weighted by Crippen LogP contribution is 2.37. The Kier molecular flexibility index (Phi) is 4.75. The first-order valence-corrected chi connectivity index (χ1v) is 9.38. The molecule has 0 radical (unpaired) electrons. The summed E-state index contributed by atoms with van der Waals surface area (Å²) < 4.78 is 5.02. The molecular formula is C17H28N6O2. The zero-order valence-corrected chi connectivity index (χ0v) is 15.0. The second kappa shape index (κ2) is 7.01. The zero-order chi connectivity index (χ0) is 17.3. The van der Waals surface area contributed by atoms with Crippen LogP contribution in [0.3, 0.4) is 0 Å². The molecule has 1 amide bonds. The third kappa shape index (κ3) is 3.70. The maximum Gasteiger partial charge on any atom is 0.239 e. The molecule has 2 N–H and O–H groups in total. The summed E-state index contributed by atoms with van der Waals surface area (Å²) in [6, 6.07) is 0.00417.